The van der Waals surface area contributed by atoms with Crippen LogP contribution in [0.2, 0.25) is 5.02 Å². The Morgan fingerprint density at radius 1 is 1.03 bits per heavy atom. The second-order valence-corrected chi connectivity index (χ2v) is 10.3. The highest BCUT2D eigenvalue weighted by molar-refractivity contribution is 6.31. The van der Waals surface area contributed by atoms with E-state index >= 15 is 0 Å². The average Bonchev–Trinajstić information content (AvgIpc) is 2.71. The first-order valence-corrected chi connectivity index (χ1v) is 11.9. The Morgan fingerprint density at radius 2 is 1.81 bits per heavy atom. The molecule has 2 aromatic carbocycles. The van der Waals surface area contributed by atoms with Crippen LogP contribution in [0.15, 0.2) is 42.5 Å². The Hall–Kier alpha value is -1.75. The van der Waals surface area contributed by atoms with Crippen LogP contribution in [0.25, 0.3) is 0 Å². The highest BCUT2D eigenvalue weighted by Gasteiger charge is 2.56. The van der Waals surface area contributed by atoms with Crippen molar-refractivity contribution in [3.8, 4) is 11.5 Å². The standard InChI is InChI=1S/C26H32ClNO3/c1-2-30-24-10-18(7-8-23(24)31-16-21-5-3-4-6-22(21)27)15-28-25-11-19-9-20(12-25)14-26(29,13-19)17-25/h3-8,10,19-20,28-29H,2,9,11-17H2,1H3. The normalized spacial score (nSPS) is 31.1. The van der Waals surface area contributed by atoms with Gasteiger partial charge in [0.15, 0.2) is 11.5 Å². The topological polar surface area (TPSA) is 50.7 Å². The molecule has 0 spiro atoms. The van der Waals surface area contributed by atoms with Gasteiger partial charge in [-0.25, -0.2) is 0 Å². The van der Waals surface area contributed by atoms with E-state index in [-0.39, 0.29) is 5.54 Å². The van der Waals surface area contributed by atoms with Crippen LogP contribution < -0.4 is 14.8 Å². The van der Waals surface area contributed by atoms with Gasteiger partial charge in [0.1, 0.15) is 6.61 Å². The third-order valence-electron chi connectivity index (χ3n) is 7.35. The van der Waals surface area contributed by atoms with E-state index in [0.29, 0.717) is 30.1 Å². The minimum Gasteiger partial charge on any atom is -0.490 e. The Kier molecular flexibility index (Phi) is 5.66. The largest absolute Gasteiger partial charge is 0.490 e. The smallest absolute Gasteiger partial charge is 0.161 e. The zero-order valence-corrected chi connectivity index (χ0v) is 19.0. The summed E-state index contributed by atoms with van der Waals surface area (Å²) >= 11 is 6.26. The van der Waals surface area contributed by atoms with E-state index in [1.807, 2.05) is 37.3 Å². The van der Waals surface area contributed by atoms with Gasteiger partial charge in [0.05, 0.1) is 12.2 Å². The number of nitrogens with one attached hydrogen (secondary N) is 1. The molecule has 4 saturated carbocycles. The number of rotatable bonds is 8. The van der Waals surface area contributed by atoms with Crippen LogP contribution in [0, 0.1) is 11.8 Å². The second kappa shape index (κ2) is 8.31. The lowest BCUT2D eigenvalue weighted by Crippen LogP contribution is -2.64. The Labute approximate surface area is 189 Å². The maximum Gasteiger partial charge on any atom is 0.161 e. The Morgan fingerprint density at radius 3 is 2.52 bits per heavy atom. The van der Waals surface area contributed by atoms with Crippen molar-refractivity contribution < 1.29 is 14.6 Å². The minimum absolute atomic E-state index is 0.0871. The maximum absolute atomic E-state index is 11.0. The fourth-order valence-electron chi connectivity index (χ4n) is 6.53. The lowest BCUT2D eigenvalue weighted by Gasteiger charge is -2.60. The molecule has 2 unspecified atom stereocenters. The molecule has 0 amide bonds. The summed E-state index contributed by atoms with van der Waals surface area (Å²) in [5.41, 5.74) is 1.78. The van der Waals surface area contributed by atoms with Crippen LogP contribution in [0.1, 0.15) is 56.6 Å². The van der Waals surface area contributed by atoms with Gasteiger partial charge in [0.25, 0.3) is 0 Å². The van der Waals surface area contributed by atoms with Gasteiger partial charge in [-0.15, -0.1) is 0 Å². The molecule has 4 aliphatic rings. The van der Waals surface area contributed by atoms with Crippen LogP contribution >= 0.6 is 11.6 Å². The summed E-state index contributed by atoms with van der Waals surface area (Å²) < 4.78 is 11.9. The number of benzene rings is 2. The molecule has 5 heteroatoms. The van der Waals surface area contributed by atoms with Gasteiger partial charge in [-0.05, 0) is 81.0 Å². The number of halogens is 1. The predicted molar refractivity (Wildman–Crippen MR) is 123 cm³/mol. The minimum atomic E-state index is -0.441. The van der Waals surface area contributed by atoms with E-state index in [4.69, 9.17) is 21.1 Å². The fraction of sp³-hybridized carbons (Fsp3) is 0.538. The Bertz CT molecular complexity index is 932. The van der Waals surface area contributed by atoms with Crippen molar-refractivity contribution in [3.63, 3.8) is 0 Å². The van der Waals surface area contributed by atoms with E-state index in [1.165, 1.54) is 24.8 Å². The van der Waals surface area contributed by atoms with Crippen molar-refractivity contribution in [2.24, 2.45) is 11.8 Å². The molecule has 2 aromatic rings. The van der Waals surface area contributed by atoms with E-state index in [9.17, 15) is 5.11 Å². The van der Waals surface area contributed by atoms with Gasteiger partial charge >= 0.3 is 0 Å². The zero-order chi connectivity index (χ0) is 21.5. The van der Waals surface area contributed by atoms with Crippen LogP contribution in [0.3, 0.4) is 0 Å². The molecule has 0 heterocycles. The monoisotopic (exact) mass is 441 g/mol. The Balaban J connectivity index is 1.27. The summed E-state index contributed by atoms with van der Waals surface area (Å²) in [6.07, 6.45) is 6.59. The van der Waals surface area contributed by atoms with Gasteiger partial charge in [-0.3, -0.25) is 0 Å². The van der Waals surface area contributed by atoms with Crippen molar-refractivity contribution in [1.29, 1.82) is 0 Å². The molecule has 4 nitrogen and oxygen atoms in total. The molecule has 0 aliphatic heterocycles. The number of hydrogen-bond acceptors (Lipinski definition) is 4. The quantitative estimate of drug-likeness (QED) is 0.568. The fourth-order valence-corrected chi connectivity index (χ4v) is 6.72. The number of aliphatic hydroxyl groups is 1. The summed E-state index contributed by atoms with van der Waals surface area (Å²) in [6, 6.07) is 13.9. The van der Waals surface area contributed by atoms with Crippen LogP contribution in [0.4, 0.5) is 0 Å². The summed E-state index contributed by atoms with van der Waals surface area (Å²) in [5, 5.41) is 15.6. The lowest BCUT2D eigenvalue weighted by molar-refractivity contribution is -0.142. The summed E-state index contributed by atoms with van der Waals surface area (Å²) in [4.78, 5) is 0. The summed E-state index contributed by atoms with van der Waals surface area (Å²) in [5.74, 6) is 2.85. The van der Waals surface area contributed by atoms with Crippen molar-refractivity contribution in [2.45, 2.75) is 69.7 Å². The molecular formula is C26H32ClNO3. The highest BCUT2D eigenvalue weighted by atomic mass is 35.5. The van der Waals surface area contributed by atoms with Crippen LogP contribution in [0.5, 0.6) is 11.5 Å². The van der Waals surface area contributed by atoms with Gasteiger partial charge in [-0.2, -0.15) is 0 Å². The first kappa shape index (κ1) is 21.1. The molecule has 2 N–H and O–H groups in total. The van der Waals surface area contributed by atoms with Crippen molar-refractivity contribution >= 4 is 11.6 Å². The van der Waals surface area contributed by atoms with Gasteiger partial charge < -0.3 is 19.9 Å². The van der Waals surface area contributed by atoms with Gasteiger partial charge in [0.2, 0.25) is 0 Å². The molecule has 0 aromatic heterocycles. The van der Waals surface area contributed by atoms with E-state index in [0.717, 1.165) is 42.9 Å². The van der Waals surface area contributed by atoms with E-state index in [1.54, 1.807) is 0 Å². The molecule has 0 saturated heterocycles. The highest BCUT2D eigenvalue weighted by Crippen LogP contribution is 2.57. The third-order valence-corrected chi connectivity index (χ3v) is 7.72. The first-order valence-electron chi connectivity index (χ1n) is 11.6. The van der Waals surface area contributed by atoms with Crippen molar-refractivity contribution in [1.82, 2.24) is 5.32 Å². The van der Waals surface area contributed by atoms with E-state index < -0.39 is 5.60 Å². The third kappa shape index (κ3) is 4.44. The summed E-state index contributed by atoms with van der Waals surface area (Å²) in [6.45, 7) is 3.75. The predicted octanol–water partition coefficient (Wildman–Crippen LogP) is 5.49. The zero-order valence-electron chi connectivity index (χ0n) is 18.2. The number of ether oxygens (including phenoxy) is 2. The molecule has 2 atom stereocenters. The molecule has 4 fully saturated rings. The molecule has 6 rings (SSSR count). The molecule has 0 radical (unpaired) electrons. The van der Waals surface area contributed by atoms with Crippen LogP contribution in [-0.2, 0) is 13.2 Å². The van der Waals surface area contributed by atoms with Gasteiger partial charge in [-0.1, -0.05) is 35.9 Å². The maximum atomic E-state index is 11.0. The lowest BCUT2D eigenvalue weighted by atomic mass is 9.51. The number of hydrogen-bond donors (Lipinski definition) is 2. The second-order valence-electron chi connectivity index (χ2n) is 9.91. The van der Waals surface area contributed by atoms with Gasteiger partial charge in [0, 0.05) is 22.7 Å². The average molecular weight is 442 g/mol. The SMILES string of the molecule is CCOc1cc(CNC23CC4CC(CC(O)(C4)C2)C3)ccc1OCc1ccccc1Cl. The molecule has 31 heavy (non-hydrogen) atoms. The van der Waals surface area contributed by atoms with Crippen LogP contribution in [-0.4, -0.2) is 22.9 Å². The van der Waals surface area contributed by atoms with E-state index in [2.05, 4.69) is 17.4 Å². The van der Waals surface area contributed by atoms with Crippen molar-refractivity contribution in [3.05, 3.63) is 58.6 Å². The molecule has 166 valence electrons. The molecular weight excluding hydrogens is 410 g/mol. The summed E-state index contributed by atoms with van der Waals surface area (Å²) in [7, 11) is 0. The first-order chi connectivity index (χ1) is 15.0. The molecule has 4 bridgehead atoms. The van der Waals surface area contributed by atoms with Crippen molar-refractivity contribution in [2.75, 3.05) is 6.61 Å². The molecule has 4 aliphatic carbocycles.